The Balaban J connectivity index is 2.14. The van der Waals surface area contributed by atoms with Crippen LogP contribution >= 0.6 is 0 Å². The number of benzene rings is 1. The first-order valence-corrected chi connectivity index (χ1v) is 7.18. The van der Waals surface area contributed by atoms with Crippen LogP contribution in [0.4, 0.5) is 5.82 Å². The van der Waals surface area contributed by atoms with Gasteiger partial charge in [0.2, 0.25) is 0 Å². The van der Waals surface area contributed by atoms with Gasteiger partial charge < -0.3 is 15.0 Å². The number of imidazole rings is 1. The number of aromatic nitrogens is 2. The molecule has 0 amide bonds. The first-order valence-electron chi connectivity index (χ1n) is 7.18. The van der Waals surface area contributed by atoms with Gasteiger partial charge in [0.15, 0.2) is 0 Å². The number of fused-ring (bicyclic) bond motifs is 1. The van der Waals surface area contributed by atoms with E-state index in [4.69, 9.17) is 10.5 Å². The Bertz CT molecular complexity index is 713. The molecule has 0 atom stereocenters. The van der Waals surface area contributed by atoms with Gasteiger partial charge in [0, 0.05) is 18.5 Å². The van der Waals surface area contributed by atoms with Gasteiger partial charge in [-0.1, -0.05) is 18.2 Å². The lowest BCUT2D eigenvalue weighted by Crippen LogP contribution is -2.24. The second kappa shape index (κ2) is 4.65. The van der Waals surface area contributed by atoms with Crippen LogP contribution in [-0.2, 0) is 13.0 Å². The lowest BCUT2D eigenvalue weighted by atomic mass is 10.00. The van der Waals surface area contributed by atoms with Crippen LogP contribution in [-0.4, -0.2) is 15.2 Å². The Kier molecular flexibility index (Phi) is 3.04. The quantitative estimate of drug-likeness (QED) is 0.879. The summed E-state index contributed by atoms with van der Waals surface area (Å²) in [6.45, 7) is 10.6. The minimum atomic E-state index is -0.175. The maximum atomic E-state index is 6.28. The van der Waals surface area contributed by atoms with E-state index >= 15 is 0 Å². The highest BCUT2D eigenvalue weighted by Crippen LogP contribution is 2.43. The summed E-state index contributed by atoms with van der Waals surface area (Å²) in [6.07, 6.45) is 2.73. The van der Waals surface area contributed by atoms with Crippen LogP contribution in [0, 0.1) is 6.92 Å². The Morgan fingerprint density at radius 3 is 2.95 bits per heavy atom. The molecule has 0 fully saturated rings. The number of ether oxygens (including phenoxy) is 1. The van der Waals surface area contributed by atoms with E-state index < -0.39 is 0 Å². The minimum Gasteiger partial charge on any atom is -0.487 e. The Hall–Kier alpha value is -2.23. The molecule has 1 aromatic carbocycles. The van der Waals surface area contributed by atoms with Gasteiger partial charge in [-0.2, -0.15) is 0 Å². The highest BCUT2D eigenvalue weighted by Gasteiger charge is 2.33. The van der Waals surface area contributed by atoms with Crippen LogP contribution in [0.5, 0.6) is 5.75 Å². The summed E-state index contributed by atoms with van der Waals surface area (Å²) < 4.78 is 8.08. The summed E-state index contributed by atoms with van der Waals surface area (Å²) in [7, 11) is 0. The van der Waals surface area contributed by atoms with Crippen LogP contribution in [0.15, 0.2) is 30.9 Å². The smallest absolute Gasteiger partial charge is 0.133 e. The molecule has 0 saturated heterocycles. The summed E-state index contributed by atoms with van der Waals surface area (Å²) >= 11 is 0. The highest BCUT2D eigenvalue weighted by molar-refractivity contribution is 5.78. The molecule has 2 aromatic rings. The fraction of sp³-hybridized carbons (Fsp3) is 0.353. The van der Waals surface area contributed by atoms with Crippen LogP contribution in [0.3, 0.4) is 0 Å². The van der Waals surface area contributed by atoms with E-state index in [9.17, 15) is 0 Å². The Morgan fingerprint density at radius 2 is 2.24 bits per heavy atom. The van der Waals surface area contributed by atoms with E-state index in [2.05, 4.69) is 31.5 Å². The van der Waals surface area contributed by atoms with E-state index in [1.165, 1.54) is 5.56 Å². The normalized spacial score (nSPS) is 15.6. The number of hydrogen-bond donors (Lipinski definition) is 1. The van der Waals surface area contributed by atoms with Gasteiger partial charge in [-0.05, 0) is 32.4 Å². The van der Waals surface area contributed by atoms with Crippen molar-refractivity contribution in [2.24, 2.45) is 0 Å². The predicted octanol–water partition coefficient (Wildman–Crippen LogP) is 3.34. The van der Waals surface area contributed by atoms with Crippen LogP contribution < -0.4 is 10.5 Å². The van der Waals surface area contributed by atoms with Crippen molar-refractivity contribution in [1.29, 1.82) is 0 Å². The van der Waals surface area contributed by atoms with Gasteiger partial charge in [-0.3, -0.25) is 0 Å². The maximum Gasteiger partial charge on any atom is 0.133 e. The molecule has 2 N–H and O–H groups in total. The number of allylic oxidation sites excluding steroid dienone is 1. The van der Waals surface area contributed by atoms with Gasteiger partial charge >= 0.3 is 0 Å². The summed E-state index contributed by atoms with van der Waals surface area (Å²) in [5.41, 5.74) is 9.09. The minimum absolute atomic E-state index is 0.175. The molecular formula is C17H21N3O. The standard InChI is InChI=1S/C17H21N3O/c1-5-9-20-11(2)19-14(16(20)18)13-8-6-7-12-10-17(3,4)21-15(12)13/h5-8H,1,9-10,18H2,2-4H3. The predicted molar refractivity (Wildman–Crippen MR) is 85.4 cm³/mol. The van der Waals surface area contributed by atoms with E-state index in [1.54, 1.807) is 0 Å². The summed E-state index contributed by atoms with van der Waals surface area (Å²) in [4.78, 5) is 4.63. The van der Waals surface area contributed by atoms with Crippen molar-refractivity contribution in [3.05, 3.63) is 42.2 Å². The monoisotopic (exact) mass is 283 g/mol. The number of nitrogen functional groups attached to an aromatic ring is 1. The van der Waals surface area contributed by atoms with E-state index in [-0.39, 0.29) is 5.60 Å². The van der Waals surface area contributed by atoms with Crippen molar-refractivity contribution < 1.29 is 4.74 Å². The molecule has 0 unspecified atom stereocenters. The van der Waals surface area contributed by atoms with E-state index in [0.717, 1.165) is 29.3 Å². The number of aryl methyl sites for hydroxylation is 1. The van der Waals surface area contributed by atoms with Crippen molar-refractivity contribution in [2.75, 3.05) is 5.73 Å². The fourth-order valence-electron chi connectivity index (χ4n) is 2.94. The van der Waals surface area contributed by atoms with Gasteiger partial charge in [-0.15, -0.1) is 6.58 Å². The van der Waals surface area contributed by atoms with Crippen LogP contribution in [0.1, 0.15) is 25.2 Å². The van der Waals surface area contributed by atoms with Crippen molar-refractivity contribution in [3.63, 3.8) is 0 Å². The second-order valence-corrected chi connectivity index (χ2v) is 6.12. The molecule has 21 heavy (non-hydrogen) atoms. The van der Waals surface area contributed by atoms with Crippen molar-refractivity contribution >= 4 is 5.82 Å². The third kappa shape index (κ3) is 2.20. The lowest BCUT2D eigenvalue weighted by Gasteiger charge is -2.18. The number of hydrogen-bond acceptors (Lipinski definition) is 3. The van der Waals surface area contributed by atoms with Crippen LogP contribution in [0.25, 0.3) is 11.3 Å². The van der Waals surface area contributed by atoms with Gasteiger partial charge in [0.25, 0.3) is 0 Å². The number of rotatable bonds is 3. The second-order valence-electron chi connectivity index (χ2n) is 6.12. The largest absolute Gasteiger partial charge is 0.487 e. The Labute approximate surface area is 125 Å². The van der Waals surface area contributed by atoms with Crippen molar-refractivity contribution in [2.45, 2.75) is 39.3 Å². The summed E-state index contributed by atoms with van der Waals surface area (Å²) in [5, 5.41) is 0. The van der Waals surface area contributed by atoms with Crippen molar-refractivity contribution in [3.8, 4) is 17.0 Å². The lowest BCUT2D eigenvalue weighted by molar-refractivity contribution is 0.139. The molecule has 0 aliphatic carbocycles. The van der Waals surface area contributed by atoms with Gasteiger partial charge in [-0.25, -0.2) is 4.98 Å². The zero-order valence-electron chi connectivity index (χ0n) is 12.8. The fourth-order valence-corrected chi connectivity index (χ4v) is 2.94. The molecule has 3 rings (SSSR count). The zero-order chi connectivity index (χ0) is 15.2. The van der Waals surface area contributed by atoms with E-state index in [0.29, 0.717) is 12.4 Å². The van der Waals surface area contributed by atoms with Gasteiger partial charge in [0.05, 0.1) is 0 Å². The van der Waals surface area contributed by atoms with Crippen LogP contribution in [0.2, 0.25) is 0 Å². The molecule has 4 nitrogen and oxygen atoms in total. The molecular weight excluding hydrogens is 262 g/mol. The average molecular weight is 283 g/mol. The van der Waals surface area contributed by atoms with Gasteiger partial charge in [0.1, 0.15) is 28.7 Å². The summed E-state index contributed by atoms with van der Waals surface area (Å²) in [5.74, 6) is 2.46. The molecule has 0 radical (unpaired) electrons. The Morgan fingerprint density at radius 1 is 1.48 bits per heavy atom. The molecule has 1 aromatic heterocycles. The zero-order valence-corrected chi connectivity index (χ0v) is 12.8. The summed E-state index contributed by atoms with van der Waals surface area (Å²) in [6, 6.07) is 6.17. The average Bonchev–Trinajstić information content (AvgIpc) is 2.87. The van der Waals surface area contributed by atoms with Crippen molar-refractivity contribution in [1.82, 2.24) is 9.55 Å². The number of nitrogens with zero attached hydrogens (tertiary/aromatic N) is 2. The molecule has 0 spiro atoms. The maximum absolute atomic E-state index is 6.28. The molecule has 0 bridgehead atoms. The molecule has 110 valence electrons. The number of anilines is 1. The third-order valence-electron chi connectivity index (χ3n) is 3.86. The number of nitrogens with two attached hydrogens (primary N) is 1. The molecule has 1 aliphatic heterocycles. The third-order valence-corrected chi connectivity index (χ3v) is 3.86. The molecule has 1 aliphatic rings. The van der Waals surface area contributed by atoms with E-state index in [1.807, 2.05) is 29.7 Å². The molecule has 0 saturated carbocycles. The molecule has 4 heteroatoms. The topological polar surface area (TPSA) is 53.1 Å². The SMILES string of the molecule is C=CCn1c(C)nc(-c2cccc3c2OC(C)(C)C3)c1N. The highest BCUT2D eigenvalue weighted by atomic mass is 16.5. The first-order chi connectivity index (χ1) is 9.93. The number of para-hydroxylation sites is 1. The first kappa shape index (κ1) is 13.7. The molecule has 2 heterocycles.